The molecule has 1 aromatic carbocycles. The van der Waals surface area contributed by atoms with Gasteiger partial charge in [-0.2, -0.15) is 0 Å². The number of rotatable bonds is 5. The quantitative estimate of drug-likeness (QED) is 0.835. The van der Waals surface area contributed by atoms with Crippen LogP contribution in [0.4, 0.5) is 8.78 Å². The molecule has 0 bridgehead atoms. The Hall–Kier alpha value is -1.17. The lowest BCUT2D eigenvalue weighted by molar-refractivity contribution is -0.137. The van der Waals surface area contributed by atoms with Gasteiger partial charge in [-0.05, 0) is 46.3 Å². The van der Waals surface area contributed by atoms with Gasteiger partial charge in [0.1, 0.15) is 0 Å². The van der Waals surface area contributed by atoms with Crippen molar-refractivity contribution in [2.24, 2.45) is 5.92 Å². The number of methoxy groups -OCH3 is 1. The molecule has 0 spiro atoms. The molecule has 0 saturated heterocycles. The van der Waals surface area contributed by atoms with Crippen molar-refractivity contribution in [3.05, 3.63) is 27.7 Å². The summed E-state index contributed by atoms with van der Waals surface area (Å²) in [4.78, 5) is 10.9. The first kappa shape index (κ1) is 14.2. The maximum Gasteiger partial charge on any atom is 0.303 e. The normalized spacial score (nSPS) is 16.2. The number of hydrogen-bond donors (Lipinski definition) is 1. The van der Waals surface area contributed by atoms with E-state index in [1.54, 1.807) is 0 Å². The predicted octanol–water partition coefficient (Wildman–Crippen LogP) is 3.70. The summed E-state index contributed by atoms with van der Waals surface area (Å²) in [6.07, 6.45) is 1.58. The van der Waals surface area contributed by atoms with Crippen LogP contribution in [0.2, 0.25) is 0 Å². The molecule has 1 atom stereocenters. The molecule has 2 rings (SSSR count). The van der Waals surface area contributed by atoms with Crippen LogP contribution in [0.1, 0.15) is 30.7 Å². The number of carbonyl (C=O) groups is 1. The van der Waals surface area contributed by atoms with E-state index >= 15 is 0 Å². The summed E-state index contributed by atoms with van der Waals surface area (Å²) in [5.74, 6) is -3.37. The molecule has 1 aromatic rings. The van der Waals surface area contributed by atoms with Gasteiger partial charge in [0, 0.05) is 5.92 Å². The van der Waals surface area contributed by atoms with Gasteiger partial charge in [0.15, 0.2) is 17.4 Å². The molecule has 1 unspecified atom stereocenters. The zero-order valence-corrected chi connectivity index (χ0v) is 11.8. The van der Waals surface area contributed by atoms with E-state index in [4.69, 9.17) is 9.84 Å². The number of aliphatic carboxylic acids is 1. The molecule has 19 heavy (non-hydrogen) atoms. The van der Waals surface area contributed by atoms with Gasteiger partial charge in [-0.15, -0.1) is 0 Å². The molecule has 1 fully saturated rings. The van der Waals surface area contributed by atoms with Crippen molar-refractivity contribution in [3.63, 3.8) is 0 Å². The van der Waals surface area contributed by atoms with Gasteiger partial charge in [0.05, 0.1) is 18.0 Å². The zero-order chi connectivity index (χ0) is 14.2. The summed E-state index contributed by atoms with van der Waals surface area (Å²) in [6, 6.07) is 1.32. The fourth-order valence-electron chi connectivity index (χ4n) is 2.27. The van der Waals surface area contributed by atoms with E-state index in [0.29, 0.717) is 0 Å². The van der Waals surface area contributed by atoms with Gasteiger partial charge in [-0.1, -0.05) is 0 Å². The van der Waals surface area contributed by atoms with Crippen LogP contribution in [-0.2, 0) is 4.79 Å². The molecule has 1 N–H and O–H groups in total. The molecule has 6 heteroatoms. The standard InChI is InChI=1S/C13H13BrF2O3/c1-19-13-11(15)8(4-9(14)12(13)16)7(5-10(17)18)6-2-3-6/h4,6-7H,2-3,5H2,1H3,(H,17,18). The van der Waals surface area contributed by atoms with Crippen molar-refractivity contribution < 1.29 is 23.4 Å². The Kier molecular flexibility index (Phi) is 4.08. The molecule has 1 aliphatic carbocycles. The number of carboxylic acid groups (broad SMARTS) is 1. The van der Waals surface area contributed by atoms with Crippen LogP contribution >= 0.6 is 15.9 Å². The van der Waals surface area contributed by atoms with E-state index in [2.05, 4.69) is 15.9 Å². The summed E-state index contributed by atoms with van der Waals surface area (Å²) < 4.78 is 32.7. The highest BCUT2D eigenvalue weighted by Crippen LogP contribution is 2.47. The van der Waals surface area contributed by atoms with Crippen LogP contribution in [0.5, 0.6) is 5.75 Å². The Morgan fingerprint density at radius 2 is 2.16 bits per heavy atom. The van der Waals surface area contributed by atoms with E-state index in [1.807, 2.05) is 0 Å². The minimum absolute atomic E-state index is 0.0804. The third-order valence-corrected chi connectivity index (χ3v) is 3.91. The van der Waals surface area contributed by atoms with Gasteiger partial charge in [0.2, 0.25) is 0 Å². The van der Waals surface area contributed by atoms with Crippen molar-refractivity contribution >= 4 is 21.9 Å². The summed E-state index contributed by atoms with van der Waals surface area (Å²) >= 11 is 3.01. The van der Waals surface area contributed by atoms with Crippen molar-refractivity contribution in [1.29, 1.82) is 0 Å². The molecule has 0 aromatic heterocycles. The first-order valence-corrected chi connectivity index (χ1v) is 6.68. The monoisotopic (exact) mass is 334 g/mol. The van der Waals surface area contributed by atoms with Gasteiger partial charge in [-0.3, -0.25) is 4.79 Å². The van der Waals surface area contributed by atoms with Crippen molar-refractivity contribution in [3.8, 4) is 5.75 Å². The molecular formula is C13H13BrF2O3. The largest absolute Gasteiger partial charge is 0.491 e. The number of halogens is 3. The maximum absolute atomic E-state index is 14.2. The minimum Gasteiger partial charge on any atom is -0.491 e. The Morgan fingerprint density at radius 3 is 2.63 bits per heavy atom. The minimum atomic E-state index is -0.990. The molecule has 104 valence electrons. The first-order chi connectivity index (χ1) is 8.95. The molecule has 0 heterocycles. The molecular weight excluding hydrogens is 322 g/mol. The van der Waals surface area contributed by atoms with E-state index in [9.17, 15) is 13.6 Å². The SMILES string of the molecule is COc1c(F)c(Br)cc(C(CC(=O)O)C2CC2)c1F. The van der Waals surface area contributed by atoms with Crippen LogP contribution in [0.15, 0.2) is 10.5 Å². The number of hydrogen-bond acceptors (Lipinski definition) is 2. The second-order valence-corrected chi connectivity index (χ2v) is 5.50. The highest BCUT2D eigenvalue weighted by atomic mass is 79.9. The van der Waals surface area contributed by atoms with Gasteiger partial charge in [-0.25, -0.2) is 8.78 Å². The van der Waals surface area contributed by atoms with Gasteiger partial charge < -0.3 is 9.84 Å². The molecule has 1 saturated carbocycles. The fraction of sp³-hybridized carbons (Fsp3) is 0.462. The number of carboxylic acids is 1. The first-order valence-electron chi connectivity index (χ1n) is 5.88. The van der Waals surface area contributed by atoms with Crippen LogP contribution in [0.3, 0.4) is 0 Å². The summed E-state index contributed by atoms with van der Waals surface area (Å²) in [7, 11) is 1.18. The van der Waals surface area contributed by atoms with E-state index in [-0.39, 0.29) is 22.4 Å². The van der Waals surface area contributed by atoms with E-state index < -0.39 is 29.3 Å². The zero-order valence-electron chi connectivity index (χ0n) is 10.3. The molecule has 1 aliphatic rings. The molecule has 3 nitrogen and oxygen atoms in total. The van der Waals surface area contributed by atoms with Crippen molar-refractivity contribution in [2.45, 2.75) is 25.2 Å². The summed E-state index contributed by atoms with van der Waals surface area (Å²) in [6.45, 7) is 0. The lowest BCUT2D eigenvalue weighted by atomic mass is 9.90. The Bertz CT molecular complexity index is 515. The Morgan fingerprint density at radius 1 is 1.53 bits per heavy atom. The van der Waals surface area contributed by atoms with Crippen LogP contribution < -0.4 is 4.74 Å². The highest BCUT2D eigenvalue weighted by Gasteiger charge is 2.36. The van der Waals surface area contributed by atoms with Gasteiger partial charge >= 0.3 is 5.97 Å². The second kappa shape index (κ2) is 5.45. The van der Waals surface area contributed by atoms with Crippen LogP contribution in [0, 0.1) is 17.6 Å². The predicted molar refractivity (Wildman–Crippen MR) is 68.3 cm³/mol. The number of benzene rings is 1. The van der Waals surface area contributed by atoms with E-state index in [0.717, 1.165) is 12.8 Å². The molecule has 0 aliphatic heterocycles. The highest BCUT2D eigenvalue weighted by molar-refractivity contribution is 9.10. The Balaban J connectivity index is 2.47. The lowest BCUT2D eigenvalue weighted by Gasteiger charge is -2.18. The smallest absolute Gasteiger partial charge is 0.303 e. The summed E-state index contributed by atoms with van der Waals surface area (Å²) in [5, 5.41) is 8.92. The van der Waals surface area contributed by atoms with Crippen LogP contribution in [-0.4, -0.2) is 18.2 Å². The molecule has 0 amide bonds. The molecule has 0 radical (unpaired) electrons. The van der Waals surface area contributed by atoms with Gasteiger partial charge in [0.25, 0.3) is 0 Å². The van der Waals surface area contributed by atoms with Crippen LogP contribution in [0.25, 0.3) is 0 Å². The summed E-state index contributed by atoms with van der Waals surface area (Å²) in [5.41, 5.74) is 0.204. The lowest BCUT2D eigenvalue weighted by Crippen LogP contribution is -2.11. The fourth-order valence-corrected chi connectivity index (χ4v) is 2.69. The van der Waals surface area contributed by atoms with E-state index in [1.165, 1.54) is 13.2 Å². The third kappa shape index (κ3) is 2.88. The maximum atomic E-state index is 14.2. The second-order valence-electron chi connectivity index (χ2n) is 4.65. The average Bonchev–Trinajstić information content (AvgIpc) is 3.16. The average molecular weight is 335 g/mol. The number of ether oxygens (including phenoxy) is 1. The topological polar surface area (TPSA) is 46.5 Å². The third-order valence-electron chi connectivity index (χ3n) is 3.33. The van der Waals surface area contributed by atoms with Crippen molar-refractivity contribution in [2.75, 3.05) is 7.11 Å². The van der Waals surface area contributed by atoms with Crippen molar-refractivity contribution in [1.82, 2.24) is 0 Å². The Labute approximate surface area is 117 Å².